The van der Waals surface area contributed by atoms with Crippen molar-refractivity contribution in [2.45, 2.75) is 154 Å². The van der Waals surface area contributed by atoms with Crippen molar-refractivity contribution in [2.75, 3.05) is 26.4 Å². The molecule has 0 aliphatic rings. The van der Waals surface area contributed by atoms with Gasteiger partial charge in [0.25, 0.3) is 0 Å². The lowest BCUT2D eigenvalue weighted by Gasteiger charge is -2.20. The molecule has 0 aliphatic heterocycles. The van der Waals surface area contributed by atoms with E-state index in [2.05, 4.69) is 103 Å². The summed E-state index contributed by atoms with van der Waals surface area (Å²) in [5, 5.41) is 18.3. The molecule has 10 nitrogen and oxygen atoms in total. The van der Waals surface area contributed by atoms with Crippen LogP contribution in [0.25, 0.3) is 0 Å². The molecule has 0 aromatic heterocycles. The van der Waals surface area contributed by atoms with Gasteiger partial charge in [-0.2, -0.15) is 0 Å². The topological polar surface area (TPSA) is 149 Å². The fraction of sp³-hybridized carbons (Fsp3) is 0.609. The molecule has 0 saturated heterocycles. The SMILES string of the molecule is CC/C=C/C/C=C/C/C=C/CCCCCCCC(=O)O[C@H](COC(=O)CC/C=C/C/C=C/C/C=C/C/C=C/C/C=C/CCCCC)COP(=O)(O)OC[C@@H](O)CO. The molecular weight excluding hydrogens is 743 g/mol. The summed E-state index contributed by atoms with van der Waals surface area (Å²) in [6.45, 7) is 2.11. The van der Waals surface area contributed by atoms with E-state index in [1.807, 2.05) is 12.2 Å². The number of hydrogen-bond acceptors (Lipinski definition) is 9. The van der Waals surface area contributed by atoms with E-state index in [0.29, 0.717) is 12.8 Å². The molecule has 57 heavy (non-hydrogen) atoms. The molecule has 0 bridgehead atoms. The maximum absolute atomic E-state index is 12.6. The molecule has 11 heteroatoms. The molecule has 0 rings (SSSR count). The van der Waals surface area contributed by atoms with Gasteiger partial charge in [-0.05, 0) is 83.5 Å². The number of aliphatic hydroxyl groups excluding tert-OH is 2. The minimum atomic E-state index is -4.64. The van der Waals surface area contributed by atoms with Gasteiger partial charge in [-0.25, -0.2) is 4.57 Å². The molecule has 3 atom stereocenters. The average Bonchev–Trinajstić information content (AvgIpc) is 3.20. The molecule has 0 fully saturated rings. The van der Waals surface area contributed by atoms with E-state index in [9.17, 15) is 24.2 Å². The van der Waals surface area contributed by atoms with Crippen LogP contribution in [0.5, 0.6) is 0 Å². The third-order valence-corrected chi connectivity index (χ3v) is 9.19. The Morgan fingerprint density at radius 2 is 1.00 bits per heavy atom. The number of unbranched alkanes of at least 4 members (excludes halogenated alkanes) is 8. The zero-order chi connectivity index (χ0) is 41.9. The standard InChI is InChI=1S/C46H75O10P/c1-3-5-7-9-11-13-15-17-19-20-21-22-24-25-27-29-31-33-35-37-45(49)53-41-44(42-55-57(51,52)54-40-43(48)39-47)56-46(50)38-36-34-32-30-28-26-23-18-16-14-12-10-8-6-4-2/h6,8,11-14,17-19,21-23,25,27,31,33,43-44,47-48H,3-5,7,9-10,15-16,20,24,26,28-30,32,34-42H2,1-2H3,(H,51,52)/b8-6+,13-11+,14-12+,19-17+,22-21+,23-18+,27-25+,33-31+/t43-,44+/m0/s1. The lowest BCUT2D eigenvalue weighted by molar-refractivity contribution is -0.161. The second kappa shape index (κ2) is 41.1. The first-order valence-corrected chi connectivity index (χ1v) is 22.7. The van der Waals surface area contributed by atoms with E-state index in [0.717, 1.165) is 77.0 Å². The summed E-state index contributed by atoms with van der Waals surface area (Å²) in [7, 11) is -4.64. The van der Waals surface area contributed by atoms with Gasteiger partial charge < -0.3 is 24.6 Å². The third kappa shape index (κ3) is 40.9. The van der Waals surface area contributed by atoms with Gasteiger partial charge in [0.1, 0.15) is 12.7 Å². The smallest absolute Gasteiger partial charge is 0.462 e. The molecule has 324 valence electrons. The van der Waals surface area contributed by atoms with Gasteiger partial charge in [0.15, 0.2) is 6.10 Å². The van der Waals surface area contributed by atoms with Gasteiger partial charge in [0, 0.05) is 12.8 Å². The number of allylic oxidation sites excluding steroid dienone is 16. The van der Waals surface area contributed by atoms with E-state index in [4.69, 9.17) is 19.1 Å². The van der Waals surface area contributed by atoms with Gasteiger partial charge >= 0.3 is 19.8 Å². The van der Waals surface area contributed by atoms with Crippen molar-refractivity contribution in [1.29, 1.82) is 0 Å². The molecule has 0 radical (unpaired) electrons. The van der Waals surface area contributed by atoms with Crippen LogP contribution in [0.1, 0.15) is 142 Å². The summed E-state index contributed by atoms with van der Waals surface area (Å²) in [5.41, 5.74) is 0. The Kier molecular flexibility index (Phi) is 38.8. The number of phosphoric ester groups is 1. The first kappa shape index (κ1) is 53.9. The number of hydrogen-bond donors (Lipinski definition) is 3. The quantitative estimate of drug-likeness (QED) is 0.0238. The fourth-order valence-corrected chi connectivity index (χ4v) is 5.78. The van der Waals surface area contributed by atoms with Gasteiger partial charge in [0.2, 0.25) is 0 Å². The van der Waals surface area contributed by atoms with Crippen LogP contribution in [0, 0.1) is 0 Å². The average molecular weight is 819 g/mol. The highest BCUT2D eigenvalue weighted by molar-refractivity contribution is 7.47. The summed E-state index contributed by atoms with van der Waals surface area (Å²) in [6.07, 6.45) is 49.6. The predicted molar refractivity (Wildman–Crippen MR) is 232 cm³/mol. The van der Waals surface area contributed by atoms with Crippen molar-refractivity contribution < 1.29 is 47.8 Å². The molecule has 0 aromatic rings. The monoisotopic (exact) mass is 819 g/mol. The largest absolute Gasteiger partial charge is 0.472 e. The molecule has 0 saturated carbocycles. The summed E-state index contributed by atoms with van der Waals surface area (Å²) in [5.74, 6) is -1.05. The van der Waals surface area contributed by atoms with Crippen molar-refractivity contribution in [2.24, 2.45) is 0 Å². The Morgan fingerprint density at radius 1 is 0.544 bits per heavy atom. The van der Waals surface area contributed by atoms with Gasteiger partial charge in [-0.1, -0.05) is 143 Å². The zero-order valence-electron chi connectivity index (χ0n) is 35.0. The van der Waals surface area contributed by atoms with Crippen LogP contribution < -0.4 is 0 Å². The number of rotatable bonds is 38. The normalized spacial score (nSPS) is 14.8. The van der Waals surface area contributed by atoms with Gasteiger partial charge in [-0.3, -0.25) is 18.6 Å². The summed E-state index contributed by atoms with van der Waals surface area (Å²) in [6, 6.07) is 0. The summed E-state index contributed by atoms with van der Waals surface area (Å²) in [4.78, 5) is 34.9. The molecule has 1 unspecified atom stereocenters. The number of aliphatic hydroxyl groups is 2. The Hall–Kier alpha value is -3.11. The summed E-state index contributed by atoms with van der Waals surface area (Å²) >= 11 is 0. The van der Waals surface area contributed by atoms with Crippen LogP contribution in [0.3, 0.4) is 0 Å². The molecular formula is C46H75O10P. The molecule has 0 heterocycles. The number of carbonyl (C=O) groups excluding carboxylic acids is 2. The highest BCUT2D eigenvalue weighted by Gasteiger charge is 2.27. The summed E-state index contributed by atoms with van der Waals surface area (Å²) < 4.78 is 32.6. The lowest BCUT2D eigenvalue weighted by Crippen LogP contribution is -2.29. The van der Waals surface area contributed by atoms with Crippen LogP contribution in [-0.4, -0.2) is 65.7 Å². The fourth-order valence-electron chi connectivity index (χ4n) is 4.99. The first-order valence-electron chi connectivity index (χ1n) is 21.2. The van der Waals surface area contributed by atoms with E-state index in [1.54, 1.807) is 0 Å². The minimum absolute atomic E-state index is 0.108. The number of carbonyl (C=O) groups is 2. The number of ether oxygens (including phenoxy) is 2. The van der Waals surface area contributed by atoms with Crippen molar-refractivity contribution in [3.8, 4) is 0 Å². The second-order valence-electron chi connectivity index (χ2n) is 13.6. The number of esters is 2. The van der Waals surface area contributed by atoms with Crippen molar-refractivity contribution >= 4 is 19.8 Å². The molecule has 0 aliphatic carbocycles. The third-order valence-electron chi connectivity index (χ3n) is 8.24. The van der Waals surface area contributed by atoms with Crippen molar-refractivity contribution in [1.82, 2.24) is 0 Å². The highest BCUT2D eigenvalue weighted by Crippen LogP contribution is 2.43. The maximum atomic E-state index is 12.6. The lowest BCUT2D eigenvalue weighted by atomic mass is 10.1. The van der Waals surface area contributed by atoms with E-state index < -0.39 is 51.8 Å². The molecule has 0 spiro atoms. The zero-order valence-corrected chi connectivity index (χ0v) is 35.9. The molecule has 0 aromatic carbocycles. The van der Waals surface area contributed by atoms with Crippen molar-refractivity contribution in [3.05, 3.63) is 97.2 Å². The highest BCUT2D eigenvalue weighted by atomic mass is 31.2. The van der Waals surface area contributed by atoms with E-state index in [-0.39, 0.29) is 19.4 Å². The Morgan fingerprint density at radius 3 is 1.53 bits per heavy atom. The van der Waals surface area contributed by atoms with Crippen molar-refractivity contribution in [3.63, 3.8) is 0 Å². The Labute approximate surface area is 344 Å². The number of phosphoric acid groups is 1. The van der Waals surface area contributed by atoms with Crippen LogP contribution in [-0.2, 0) is 32.7 Å². The minimum Gasteiger partial charge on any atom is -0.462 e. The first-order chi connectivity index (χ1) is 27.7. The predicted octanol–water partition coefficient (Wildman–Crippen LogP) is 11.2. The van der Waals surface area contributed by atoms with Crippen LogP contribution >= 0.6 is 7.82 Å². The maximum Gasteiger partial charge on any atom is 0.472 e. The van der Waals surface area contributed by atoms with Gasteiger partial charge in [0.05, 0.1) is 19.8 Å². The second-order valence-corrected chi connectivity index (χ2v) is 15.1. The molecule has 3 N–H and O–H groups in total. The molecule has 0 amide bonds. The van der Waals surface area contributed by atoms with Crippen LogP contribution in [0.2, 0.25) is 0 Å². The van der Waals surface area contributed by atoms with Crippen LogP contribution in [0.4, 0.5) is 0 Å². The van der Waals surface area contributed by atoms with Gasteiger partial charge in [-0.15, -0.1) is 0 Å². The Balaban J connectivity index is 4.48. The Bertz CT molecular complexity index is 1260. The van der Waals surface area contributed by atoms with E-state index >= 15 is 0 Å². The van der Waals surface area contributed by atoms with Crippen LogP contribution in [0.15, 0.2) is 97.2 Å². The van der Waals surface area contributed by atoms with E-state index in [1.165, 1.54) is 25.7 Å².